The van der Waals surface area contributed by atoms with Gasteiger partial charge in [-0.05, 0) is 143 Å². The van der Waals surface area contributed by atoms with Crippen molar-refractivity contribution >= 4 is 36.1 Å². The molecule has 3 amide bonds. The molecule has 0 spiro atoms. The Labute approximate surface area is 705 Å². The van der Waals surface area contributed by atoms with Gasteiger partial charge in [0, 0.05) is 143 Å². The predicted molar refractivity (Wildman–Crippen MR) is 469 cm³/mol. The normalized spacial score (nSPS) is 18.9. The van der Waals surface area contributed by atoms with Crippen LogP contribution < -0.4 is 0 Å². The number of nitrogens with zero attached hydrogens (tertiary/aromatic N) is 3. The summed E-state index contributed by atoms with van der Waals surface area (Å²) in [6.45, 7) is 60.4. The lowest BCUT2D eigenvalue weighted by Crippen LogP contribution is -2.40. The third-order valence-electron chi connectivity index (χ3n) is 24.6. The number of amides is 3. The van der Waals surface area contributed by atoms with Crippen molar-refractivity contribution in [1.82, 2.24) is 14.7 Å². The van der Waals surface area contributed by atoms with Crippen LogP contribution in [0.25, 0.3) is 0 Å². The molecular weight excluding hydrogens is 1470 g/mol. The van der Waals surface area contributed by atoms with E-state index in [4.69, 9.17) is 51.8 Å². The molecule has 0 aliphatic carbocycles. The molecule has 3 rings (SSSR count). The van der Waals surface area contributed by atoms with Gasteiger partial charge in [0.25, 0.3) is 0 Å². The second kappa shape index (κ2) is 58.1. The highest BCUT2D eigenvalue weighted by atomic mass is 16.6. The maximum absolute atomic E-state index is 12.9. The highest BCUT2D eigenvalue weighted by Crippen LogP contribution is 2.37. The van der Waals surface area contributed by atoms with Crippen LogP contribution in [0.1, 0.15) is 272 Å². The molecule has 2 aliphatic heterocycles. The van der Waals surface area contributed by atoms with Gasteiger partial charge in [0.2, 0.25) is 24.0 Å². The molecule has 116 heavy (non-hydrogen) atoms. The van der Waals surface area contributed by atoms with Crippen molar-refractivity contribution in [3.05, 3.63) is 97.6 Å². The van der Waals surface area contributed by atoms with E-state index in [1.807, 2.05) is 87.2 Å². The Morgan fingerprint density at radius 3 is 1.16 bits per heavy atom. The van der Waals surface area contributed by atoms with Gasteiger partial charge in [-0.2, -0.15) is 0 Å². The lowest BCUT2D eigenvalue weighted by molar-refractivity contribution is -0.160. The van der Waals surface area contributed by atoms with Gasteiger partial charge in [-0.25, -0.2) is 4.79 Å². The van der Waals surface area contributed by atoms with Gasteiger partial charge in [-0.15, -0.1) is 0 Å². The Balaban J connectivity index is 0.000000870. The average Bonchev–Trinajstić information content (AvgIpc) is 1.08. The van der Waals surface area contributed by atoms with E-state index >= 15 is 0 Å². The minimum absolute atomic E-state index is 0.00589. The monoisotopic (exact) mass is 1630 g/mol. The predicted octanol–water partition coefficient (Wildman–Crippen LogP) is 20.9. The first kappa shape index (κ1) is 108. The zero-order valence-corrected chi connectivity index (χ0v) is 78.1. The summed E-state index contributed by atoms with van der Waals surface area (Å²) in [5.74, 6) is 3.27. The number of allylic oxidation sites excluding steroid dienone is 3. The highest BCUT2D eigenvalue weighted by molar-refractivity contribution is 5.86. The van der Waals surface area contributed by atoms with E-state index in [-0.39, 0.29) is 138 Å². The van der Waals surface area contributed by atoms with E-state index in [1.165, 1.54) is 22.3 Å². The molecule has 0 unspecified atom stereocenters. The summed E-state index contributed by atoms with van der Waals surface area (Å²) < 4.78 is 65.3. The first-order chi connectivity index (χ1) is 54.7. The lowest BCUT2D eigenvalue weighted by Gasteiger charge is -2.35. The van der Waals surface area contributed by atoms with E-state index in [1.54, 1.807) is 63.6 Å². The largest absolute Gasteiger partial charge is 0.495 e. The van der Waals surface area contributed by atoms with Gasteiger partial charge < -0.3 is 66.5 Å². The first-order valence-corrected chi connectivity index (χ1v) is 44.0. The van der Waals surface area contributed by atoms with Crippen molar-refractivity contribution in [3.63, 3.8) is 0 Å². The molecule has 21 atom stereocenters. The number of furan rings is 1. The number of rotatable bonds is 58. The van der Waals surface area contributed by atoms with Crippen LogP contribution in [-0.2, 0) is 71.3 Å². The molecule has 668 valence electrons. The minimum Gasteiger partial charge on any atom is -0.495 e. The number of hydrogen-bond acceptors (Lipinski definition) is 17. The van der Waals surface area contributed by atoms with Crippen LogP contribution in [-0.4, -0.2) is 175 Å². The molecule has 0 N–H and O–H groups in total. The summed E-state index contributed by atoms with van der Waals surface area (Å²) in [6.07, 6.45) is 26.8. The van der Waals surface area contributed by atoms with Gasteiger partial charge in [-0.1, -0.05) is 201 Å². The number of carbonyl (C=O) groups is 6. The molecule has 2 aliphatic rings. The molecule has 0 bridgehead atoms. The fraction of sp³-hybridized carbons (Fsp3) is 0.771. The quantitative estimate of drug-likeness (QED) is 0.0148. The summed E-state index contributed by atoms with van der Waals surface area (Å²) >= 11 is 0. The van der Waals surface area contributed by atoms with Crippen LogP contribution in [0.3, 0.4) is 0 Å². The maximum Gasteiger partial charge on any atom is 0.374 e. The number of hydrogen-bond donors (Lipinski definition) is 0. The fourth-order valence-electron chi connectivity index (χ4n) is 15.6. The van der Waals surface area contributed by atoms with Crippen molar-refractivity contribution in [2.45, 2.75) is 323 Å². The van der Waals surface area contributed by atoms with Gasteiger partial charge in [0.05, 0.1) is 60.5 Å². The molecule has 2 fully saturated rings. The van der Waals surface area contributed by atoms with Gasteiger partial charge >= 0.3 is 17.9 Å². The number of likely N-dealkylation sites (tertiary alicyclic amines) is 2. The molecule has 0 saturated carbocycles. The smallest absolute Gasteiger partial charge is 0.374 e. The molecule has 3 heterocycles. The van der Waals surface area contributed by atoms with Crippen molar-refractivity contribution in [2.75, 3.05) is 62.8 Å². The molecule has 2 saturated heterocycles. The minimum atomic E-state index is -0.502. The topological polar surface area (TPSA) is 218 Å². The second-order valence-electron chi connectivity index (χ2n) is 35.4. The zero-order chi connectivity index (χ0) is 88.2. The van der Waals surface area contributed by atoms with Crippen LogP contribution in [0, 0.1) is 94.7 Å². The number of esters is 3. The number of carbonyl (C=O) groups excluding carboxylic acids is 6. The Bertz CT molecular complexity index is 3030. The van der Waals surface area contributed by atoms with E-state index < -0.39 is 12.1 Å². The average molecular weight is 1640 g/mol. The number of β-lactam (4-membered cyclic amide) rings is 1. The summed E-state index contributed by atoms with van der Waals surface area (Å²) in [5, 5.41) is 0. The summed E-state index contributed by atoms with van der Waals surface area (Å²) in [4.78, 5) is 77.9. The number of methoxy groups -OCH3 is 6. The second-order valence-corrected chi connectivity index (χ2v) is 35.4. The summed E-state index contributed by atoms with van der Waals surface area (Å²) in [6, 6.07) is 3.26. The van der Waals surface area contributed by atoms with E-state index in [0.29, 0.717) is 60.7 Å². The van der Waals surface area contributed by atoms with Crippen molar-refractivity contribution in [1.29, 1.82) is 0 Å². The SMILES string of the molecule is C=C(CC)C[C@@H](C[C@H](OC)[C@@H](C)CC[C@@H](OC(=O)C(C)C)[C@H](C)[C@H](OC)[C@H](C)/C=C/N1CCC1=O)C(C)C.C=C(CC)C[C@@H](C[C@H](OC)[C@@H](C)CC[C@@H](OC(=O)C(C)C)[C@H](C)[C@H](OC)[C@H](C)/C=C/N1CCCC1=O)C(C)C.C=C(CC)O[C@@H](C[C@H](OC)[C@@H](C)CC[C@@H](OC(=O)c1ccco1)[C@H](C)[C@H](OC)[C@H](C)/C=C/N(C)C=O)C(C)C. The van der Waals surface area contributed by atoms with E-state index in [0.717, 1.165) is 115 Å². The zero-order valence-electron chi connectivity index (χ0n) is 78.1. The van der Waals surface area contributed by atoms with Crippen LogP contribution in [0.15, 0.2) is 96.3 Å². The van der Waals surface area contributed by atoms with Crippen LogP contribution in [0.2, 0.25) is 0 Å². The van der Waals surface area contributed by atoms with Gasteiger partial charge in [0.15, 0.2) is 0 Å². The van der Waals surface area contributed by atoms with Gasteiger partial charge in [-0.3, -0.25) is 24.0 Å². The molecule has 0 aromatic carbocycles. The molecule has 1 aromatic heterocycles. The first-order valence-electron chi connectivity index (χ1n) is 44.0. The molecule has 20 nitrogen and oxygen atoms in total. The lowest BCUT2D eigenvalue weighted by atomic mass is 9.80. The fourth-order valence-corrected chi connectivity index (χ4v) is 15.6. The molecular formula is C96H167N3O17. The van der Waals surface area contributed by atoms with Crippen LogP contribution in [0.5, 0.6) is 0 Å². The highest BCUT2D eigenvalue weighted by Gasteiger charge is 2.39. The van der Waals surface area contributed by atoms with Crippen LogP contribution >= 0.6 is 0 Å². The Kier molecular flexibility index (Phi) is 54.2. The third kappa shape index (κ3) is 39.1. The Morgan fingerprint density at radius 2 is 0.862 bits per heavy atom. The Hall–Kier alpha value is -5.90. The maximum atomic E-state index is 12.9. The summed E-state index contributed by atoms with van der Waals surface area (Å²) in [7, 11) is 12.1. The van der Waals surface area contributed by atoms with Crippen molar-refractivity contribution in [2.24, 2.45) is 94.7 Å². The van der Waals surface area contributed by atoms with Crippen LogP contribution in [0.4, 0.5) is 0 Å². The summed E-state index contributed by atoms with van der Waals surface area (Å²) in [5.41, 5.74) is 2.60. The number of ether oxygens (including phenoxy) is 10. The molecule has 0 radical (unpaired) electrons. The van der Waals surface area contributed by atoms with Crippen molar-refractivity contribution < 1.29 is 80.6 Å². The Morgan fingerprint density at radius 1 is 0.474 bits per heavy atom. The standard InChI is InChI=1S/C33H59NO5.C32H57NO5.C31H51NO7/c1-12-24(6)20-28(22(2)3)21-30(37-10)25(7)15-16-29(39-33(36)23(4)5)27(9)32(38-11)26(8)17-19-34-18-13-14-31(34)35;1-12-23(6)19-27(21(2)3)20-29(36-10)24(7)13-14-28(38-32(35)22(4)5)26(9)31(37-11)25(8)15-17-33-18-16-30(33)34;1-11-24(6)38-28(21(2)3)19-29(35-9)22(4)14-15-26(39-31(34)27-13-12-18-37-27)25(7)30(36-10)23(5)16-17-32(8)20-33/h17,19,22-23,25-30,32H,6,12-16,18,20-21H2,1-5,7-11H3;15,17,21-22,24-29,31H,6,12-14,16,18-20H2,1-5,7-11H3;12-13,16-18,20-23,25-26,28-30H,6,11,14-15,19H2,1-5,7-10H3/b19-17+;17-15+;17-16+/t25-,26+,27-,28-,29+,30-,32+;24-,25+,26-,27-,28+,29-,31+;22-,23+,25-,26+,28-,29-,30+/m000/s1. The van der Waals surface area contributed by atoms with E-state index in [9.17, 15) is 28.8 Å². The third-order valence-corrected chi connectivity index (χ3v) is 24.6. The molecule has 20 heteroatoms. The van der Waals surface area contributed by atoms with E-state index in [2.05, 4.69) is 130 Å². The van der Waals surface area contributed by atoms with Crippen molar-refractivity contribution in [3.8, 4) is 0 Å². The van der Waals surface area contributed by atoms with Gasteiger partial charge in [0.1, 0.15) is 24.4 Å². The molecule has 1 aromatic rings.